The molecule has 2 heteroatoms. The molecule has 0 saturated heterocycles. The van der Waals surface area contributed by atoms with Crippen LogP contribution in [-0.2, 0) is 9.53 Å². The molecule has 4 unspecified atom stereocenters. The van der Waals surface area contributed by atoms with Crippen molar-refractivity contribution in [2.75, 3.05) is 7.11 Å². The number of carbonyl (C=O) groups excluding carboxylic acids is 1. The van der Waals surface area contributed by atoms with Crippen molar-refractivity contribution in [3.8, 4) is 0 Å². The molecule has 2 aliphatic rings. The molecule has 0 radical (unpaired) electrons. The summed E-state index contributed by atoms with van der Waals surface area (Å²) in [6, 6.07) is 0. The first-order valence-electron chi connectivity index (χ1n) is 4.83. The van der Waals surface area contributed by atoms with Crippen LogP contribution < -0.4 is 0 Å². The number of aldehydes is 1. The van der Waals surface area contributed by atoms with E-state index < -0.39 is 0 Å². The van der Waals surface area contributed by atoms with Gasteiger partial charge in [0.15, 0.2) is 0 Å². The Balaban J connectivity index is 2.00. The lowest BCUT2D eigenvalue weighted by atomic mass is 9.85. The van der Waals surface area contributed by atoms with Gasteiger partial charge in [0.25, 0.3) is 0 Å². The summed E-state index contributed by atoms with van der Waals surface area (Å²) in [5.41, 5.74) is 0. The summed E-state index contributed by atoms with van der Waals surface area (Å²) in [7, 11) is 1.64. The lowest BCUT2D eigenvalue weighted by molar-refractivity contribution is -0.120. The Morgan fingerprint density at radius 1 is 1.42 bits per heavy atom. The van der Waals surface area contributed by atoms with Gasteiger partial charge in [-0.15, -0.1) is 0 Å². The first-order chi connectivity index (χ1) is 5.85. The molecule has 2 nitrogen and oxygen atoms in total. The third-order valence-corrected chi connectivity index (χ3v) is 3.62. The molecule has 0 aromatic rings. The van der Waals surface area contributed by atoms with Gasteiger partial charge in [-0.25, -0.2) is 0 Å². The van der Waals surface area contributed by atoms with E-state index in [9.17, 15) is 4.79 Å². The summed E-state index contributed by atoms with van der Waals surface area (Å²) >= 11 is 0. The van der Waals surface area contributed by atoms with E-state index in [1.165, 1.54) is 25.7 Å². The minimum atomic E-state index is -0.125. The minimum Gasteiger partial charge on any atom is -0.374 e. The predicted molar refractivity (Wildman–Crippen MR) is 45.8 cm³/mol. The van der Waals surface area contributed by atoms with Crippen molar-refractivity contribution in [2.24, 2.45) is 17.8 Å². The van der Waals surface area contributed by atoms with Gasteiger partial charge in [0.2, 0.25) is 0 Å². The SMILES string of the molecule is COC(C=O)C1CC2CCC1C2. The van der Waals surface area contributed by atoms with Crippen molar-refractivity contribution >= 4 is 6.29 Å². The third-order valence-electron chi connectivity index (χ3n) is 3.62. The first-order valence-corrected chi connectivity index (χ1v) is 4.83. The first kappa shape index (κ1) is 8.24. The zero-order valence-corrected chi connectivity index (χ0v) is 7.53. The maximum absolute atomic E-state index is 10.7. The Morgan fingerprint density at radius 2 is 2.25 bits per heavy atom. The Bertz CT molecular complexity index is 179. The Labute approximate surface area is 73.3 Å². The van der Waals surface area contributed by atoms with E-state index >= 15 is 0 Å². The van der Waals surface area contributed by atoms with Crippen molar-refractivity contribution in [1.82, 2.24) is 0 Å². The van der Waals surface area contributed by atoms with Crippen LogP contribution in [-0.4, -0.2) is 19.5 Å². The Kier molecular flexibility index (Phi) is 2.18. The quantitative estimate of drug-likeness (QED) is 0.599. The lowest BCUT2D eigenvalue weighted by Crippen LogP contribution is -2.28. The molecule has 0 N–H and O–H groups in total. The molecule has 2 bridgehead atoms. The number of carbonyl (C=O) groups is 1. The van der Waals surface area contributed by atoms with Crippen molar-refractivity contribution < 1.29 is 9.53 Å². The van der Waals surface area contributed by atoms with Gasteiger partial charge in [0.05, 0.1) is 0 Å². The Hall–Kier alpha value is -0.370. The molecule has 0 aliphatic heterocycles. The van der Waals surface area contributed by atoms with Crippen LogP contribution in [0.25, 0.3) is 0 Å². The summed E-state index contributed by atoms with van der Waals surface area (Å²) in [4.78, 5) is 10.7. The van der Waals surface area contributed by atoms with Gasteiger partial charge in [-0.2, -0.15) is 0 Å². The van der Waals surface area contributed by atoms with Crippen LogP contribution in [0.3, 0.4) is 0 Å². The number of ether oxygens (including phenoxy) is 1. The normalized spacial score (nSPS) is 41.6. The fraction of sp³-hybridized carbons (Fsp3) is 0.900. The molecule has 68 valence electrons. The van der Waals surface area contributed by atoms with E-state index in [0.717, 1.165) is 18.1 Å². The molecule has 0 heterocycles. The summed E-state index contributed by atoms with van der Waals surface area (Å²) in [5.74, 6) is 2.22. The molecule has 2 rings (SSSR count). The number of hydrogen-bond acceptors (Lipinski definition) is 2. The van der Waals surface area contributed by atoms with Crippen molar-refractivity contribution in [2.45, 2.75) is 31.8 Å². The molecule has 0 aromatic heterocycles. The maximum atomic E-state index is 10.7. The van der Waals surface area contributed by atoms with Crippen LogP contribution in [0.5, 0.6) is 0 Å². The topological polar surface area (TPSA) is 26.3 Å². The highest BCUT2D eigenvalue weighted by Crippen LogP contribution is 2.49. The smallest absolute Gasteiger partial charge is 0.149 e. The van der Waals surface area contributed by atoms with E-state index in [-0.39, 0.29) is 6.10 Å². The van der Waals surface area contributed by atoms with Gasteiger partial charge in [-0.3, -0.25) is 0 Å². The van der Waals surface area contributed by atoms with Crippen molar-refractivity contribution in [1.29, 1.82) is 0 Å². The fourth-order valence-corrected chi connectivity index (χ4v) is 3.03. The summed E-state index contributed by atoms with van der Waals surface area (Å²) in [6.07, 6.45) is 6.13. The third kappa shape index (κ3) is 1.18. The second kappa shape index (κ2) is 3.17. The highest BCUT2D eigenvalue weighted by molar-refractivity contribution is 5.56. The van der Waals surface area contributed by atoms with Crippen LogP contribution in [0.2, 0.25) is 0 Å². The molecule has 2 saturated carbocycles. The molecule has 0 aromatic carbocycles. The van der Waals surface area contributed by atoms with Crippen LogP contribution in [0.4, 0.5) is 0 Å². The minimum absolute atomic E-state index is 0.125. The van der Waals surface area contributed by atoms with Gasteiger partial charge in [0.1, 0.15) is 12.4 Å². The monoisotopic (exact) mass is 168 g/mol. The largest absolute Gasteiger partial charge is 0.374 e. The van der Waals surface area contributed by atoms with Gasteiger partial charge >= 0.3 is 0 Å². The van der Waals surface area contributed by atoms with Crippen LogP contribution in [0, 0.1) is 17.8 Å². The number of methoxy groups -OCH3 is 1. The van der Waals surface area contributed by atoms with Crippen LogP contribution in [0.15, 0.2) is 0 Å². The van der Waals surface area contributed by atoms with E-state index in [0.29, 0.717) is 5.92 Å². The predicted octanol–water partition coefficient (Wildman–Crippen LogP) is 1.64. The number of rotatable bonds is 3. The average molecular weight is 168 g/mol. The average Bonchev–Trinajstić information content (AvgIpc) is 2.67. The highest BCUT2D eigenvalue weighted by atomic mass is 16.5. The zero-order chi connectivity index (χ0) is 8.55. The van der Waals surface area contributed by atoms with Gasteiger partial charge in [-0.1, -0.05) is 6.42 Å². The molecule has 4 atom stereocenters. The highest BCUT2D eigenvalue weighted by Gasteiger charge is 2.43. The summed E-state index contributed by atoms with van der Waals surface area (Å²) in [6.45, 7) is 0. The van der Waals surface area contributed by atoms with Crippen LogP contribution in [0.1, 0.15) is 25.7 Å². The van der Waals surface area contributed by atoms with E-state index in [1.807, 2.05) is 0 Å². The number of fused-ring (bicyclic) bond motifs is 2. The molecular formula is C10H16O2. The van der Waals surface area contributed by atoms with E-state index in [1.54, 1.807) is 7.11 Å². The summed E-state index contributed by atoms with van der Waals surface area (Å²) < 4.78 is 5.17. The fourth-order valence-electron chi connectivity index (χ4n) is 3.03. The molecule has 0 amide bonds. The zero-order valence-electron chi connectivity index (χ0n) is 7.53. The van der Waals surface area contributed by atoms with Crippen molar-refractivity contribution in [3.63, 3.8) is 0 Å². The van der Waals surface area contributed by atoms with Gasteiger partial charge in [-0.05, 0) is 37.0 Å². The second-order valence-electron chi connectivity index (χ2n) is 4.18. The molecular weight excluding hydrogens is 152 g/mol. The molecule has 12 heavy (non-hydrogen) atoms. The standard InChI is InChI=1S/C10H16O2/c1-12-10(6-11)9-5-7-2-3-8(9)4-7/h6-10H,2-5H2,1H3. The van der Waals surface area contributed by atoms with Gasteiger partial charge in [0, 0.05) is 7.11 Å². The maximum Gasteiger partial charge on any atom is 0.149 e. The molecule has 2 fully saturated rings. The van der Waals surface area contributed by atoms with Crippen molar-refractivity contribution in [3.05, 3.63) is 0 Å². The van der Waals surface area contributed by atoms with E-state index in [4.69, 9.17) is 4.74 Å². The molecule has 2 aliphatic carbocycles. The molecule has 0 spiro atoms. The Morgan fingerprint density at radius 3 is 2.67 bits per heavy atom. The number of hydrogen-bond donors (Lipinski definition) is 0. The lowest BCUT2D eigenvalue weighted by Gasteiger charge is -2.25. The van der Waals surface area contributed by atoms with Crippen LogP contribution >= 0.6 is 0 Å². The second-order valence-corrected chi connectivity index (χ2v) is 4.18. The van der Waals surface area contributed by atoms with Gasteiger partial charge < -0.3 is 9.53 Å². The van der Waals surface area contributed by atoms with E-state index in [2.05, 4.69) is 0 Å². The summed E-state index contributed by atoms with van der Waals surface area (Å²) in [5, 5.41) is 0.